The molecule has 0 saturated heterocycles. The van der Waals surface area contributed by atoms with Crippen LogP contribution in [0.15, 0.2) is 48.5 Å². The van der Waals surface area contributed by atoms with E-state index in [9.17, 15) is 0 Å². The molecule has 0 aliphatic heterocycles. The lowest BCUT2D eigenvalue weighted by atomic mass is 10.0. The SMILES string of the molecule is CC(C)c1ccc(CCNCc2cccc(N)c2)cc1. The van der Waals surface area contributed by atoms with Gasteiger partial charge in [-0.25, -0.2) is 0 Å². The van der Waals surface area contributed by atoms with Crippen molar-refractivity contribution in [3.05, 3.63) is 65.2 Å². The number of benzene rings is 2. The molecule has 0 amide bonds. The fourth-order valence-electron chi connectivity index (χ4n) is 2.24. The van der Waals surface area contributed by atoms with E-state index in [4.69, 9.17) is 5.73 Å². The molecule has 2 nitrogen and oxygen atoms in total. The highest BCUT2D eigenvalue weighted by Gasteiger charge is 1.99. The van der Waals surface area contributed by atoms with E-state index in [0.717, 1.165) is 25.2 Å². The van der Waals surface area contributed by atoms with Gasteiger partial charge >= 0.3 is 0 Å². The minimum Gasteiger partial charge on any atom is -0.399 e. The van der Waals surface area contributed by atoms with Crippen LogP contribution in [0.25, 0.3) is 0 Å². The van der Waals surface area contributed by atoms with Crippen LogP contribution >= 0.6 is 0 Å². The van der Waals surface area contributed by atoms with Crippen molar-refractivity contribution in [2.24, 2.45) is 0 Å². The zero-order valence-corrected chi connectivity index (χ0v) is 12.4. The number of rotatable bonds is 6. The lowest BCUT2D eigenvalue weighted by molar-refractivity contribution is 0.687. The molecule has 106 valence electrons. The highest BCUT2D eigenvalue weighted by Crippen LogP contribution is 2.14. The van der Waals surface area contributed by atoms with E-state index in [2.05, 4.69) is 49.5 Å². The molecule has 0 unspecified atom stereocenters. The molecule has 0 bridgehead atoms. The first-order valence-corrected chi connectivity index (χ1v) is 7.29. The smallest absolute Gasteiger partial charge is 0.0317 e. The van der Waals surface area contributed by atoms with Gasteiger partial charge < -0.3 is 11.1 Å². The quantitative estimate of drug-likeness (QED) is 0.619. The van der Waals surface area contributed by atoms with Gasteiger partial charge in [-0.05, 0) is 47.7 Å². The van der Waals surface area contributed by atoms with Crippen LogP contribution in [0.2, 0.25) is 0 Å². The van der Waals surface area contributed by atoms with Gasteiger partial charge in [0.2, 0.25) is 0 Å². The molecule has 0 spiro atoms. The standard InChI is InChI=1S/C18H24N2/c1-14(2)17-8-6-15(7-9-17)10-11-20-13-16-4-3-5-18(19)12-16/h3-9,12,14,20H,10-11,13,19H2,1-2H3. The fraction of sp³-hybridized carbons (Fsp3) is 0.333. The van der Waals surface area contributed by atoms with Crippen LogP contribution in [-0.2, 0) is 13.0 Å². The molecule has 2 rings (SSSR count). The maximum absolute atomic E-state index is 5.76. The van der Waals surface area contributed by atoms with Gasteiger partial charge in [0.05, 0.1) is 0 Å². The van der Waals surface area contributed by atoms with Gasteiger partial charge in [0, 0.05) is 12.2 Å². The largest absolute Gasteiger partial charge is 0.399 e. The molecule has 0 radical (unpaired) electrons. The predicted molar refractivity (Wildman–Crippen MR) is 86.8 cm³/mol. The third-order valence-electron chi connectivity index (χ3n) is 3.52. The summed E-state index contributed by atoms with van der Waals surface area (Å²) in [6.45, 7) is 6.30. The molecule has 0 saturated carbocycles. The monoisotopic (exact) mass is 268 g/mol. The average molecular weight is 268 g/mol. The van der Waals surface area contributed by atoms with Crippen LogP contribution in [0.3, 0.4) is 0 Å². The summed E-state index contributed by atoms with van der Waals surface area (Å²) in [4.78, 5) is 0. The van der Waals surface area contributed by atoms with Gasteiger partial charge in [0.15, 0.2) is 0 Å². The van der Waals surface area contributed by atoms with Crippen LogP contribution < -0.4 is 11.1 Å². The summed E-state index contributed by atoms with van der Waals surface area (Å²) in [7, 11) is 0. The first-order valence-electron chi connectivity index (χ1n) is 7.29. The zero-order valence-electron chi connectivity index (χ0n) is 12.4. The molecular weight excluding hydrogens is 244 g/mol. The van der Waals surface area contributed by atoms with Crippen molar-refractivity contribution >= 4 is 5.69 Å². The molecule has 0 heterocycles. The van der Waals surface area contributed by atoms with Crippen LogP contribution in [0.1, 0.15) is 36.5 Å². The minimum atomic E-state index is 0.603. The Morgan fingerprint density at radius 3 is 2.40 bits per heavy atom. The van der Waals surface area contributed by atoms with E-state index in [1.54, 1.807) is 0 Å². The summed E-state index contributed by atoms with van der Waals surface area (Å²) in [6.07, 6.45) is 1.06. The topological polar surface area (TPSA) is 38.0 Å². The Balaban J connectivity index is 1.75. The molecule has 2 heteroatoms. The highest BCUT2D eigenvalue weighted by molar-refractivity contribution is 5.40. The zero-order chi connectivity index (χ0) is 14.4. The molecule has 2 aromatic carbocycles. The average Bonchev–Trinajstić information content (AvgIpc) is 2.44. The Labute approximate surface area is 122 Å². The number of hydrogen-bond donors (Lipinski definition) is 2. The number of anilines is 1. The Morgan fingerprint density at radius 1 is 1.00 bits per heavy atom. The molecule has 0 fully saturated rings. The van der Waals surface area contributed by atoms with Gasteiger partial charge in [-0.2, -0.15) is 0 Å². The van der Waals surface area contributed by atoms with Gasteiger partial charge in [-0.1, -0.05) is 50.2 Å². The Hall–Kier alpha value is -1.80. The number of nitrogens with two attached hydrogens (primary N) is 1. The second kappa shape index (κ2) is 7.11. The van der Waals surface area contributed by atoms with E-state index in [1.807, 2.05) is 18.2 Å². The minimum absolute atomic E-state index is 0.603. The number of hydrogen-bond acceptors (Lipinski definition) is 2. The van der Waals surface area contributed by atoms with E-state index in [-0.39, 0.29) is 0 Å². The van der Waals surface area contributed by atoms with Crippen molar-refractivity contribution in [2.75, 3.05) is 12.3 Å². The first-order chi connectivity index (χ1) is 9.65. The van der Waals surface area contributed by atoms with E-state index >= 15 is 0 Å². The molecule has 20 heavy (non-hydrogen) atoms. The maximum atomic E-state index is 5.76. The lowest BCUT2D eigenvalue weighted by Crippen LogP contribution is -2.16. The van der Waals surface area contributed by atoms with Gasteiger partial charge in [0.25, 0.3) is 0 Å². The third kappa shape index (κ3) is 4.39. The summed E-state index contributed by atoms with van der Waals surface area (Å²) in [5, 5.41) is 3.46. The lowest BCUT2D eigenvalue weighted by Gasteiger charge is -2.08. The molecule has 2 aromatic rings. The van der Waals surface area contributed by atoms with Gasteiger partial charge in [0.1, 0.15) is 0 Å². The summed E-state index contributed by atoms with van der Waals surface area (Å²) < 4.78 is 0. The highest BCUT2D eigenvalue weighted by atomic mass is 14.8. The second-order valence-electron chi connectivity index (χ2n) is 5.57. The molecular formula is C18H24N2. The summed E-state index contributed by atoms with van der Waals surface area (Å²) >= 11 is 0. The Morgan fingerprint density at radius 2 is 1.75 bits per heavy atom. The van der Waals surface area contributed by atoms with Crippen LogP contribution in [0.4, 0.5) is 5.69 Å². The van der Waals surface area contributed by atoms with Crippen LogP contribution in [0.5, 0.6) is 0 Å². The predicted octanol–water partition coefficient (Wildman–Crippen LogP) is 3.72. The first kappa shape index (κ1) is 14.6. The summed E-state index contributed by atoms with van der Waals surface area (Å²) in [5.74, 6) is 0.603. The van der Waals surface area contributed by atoms with Crippen LogP contribution in [-0.4, -0.2) is 6.54 Å². The van der Waals surface area contributed by atoms with E-state index in [1.165, 1.54) is 16.7 Å². The molecule has 0 aliphatic rings. The maximum Gasteiger partial charge on any atom is 0.0317 e. The second-order valence-corrected chi connectivity index (χ2v) is 5.57. The van der Waals surface area contributed by atoms with E-state index in [0.29, 0.717) is 5.92 Å². The molecule has 0 atom stereocenters. The van der Waals surface area contributed by atoms with Crippen molar-refractivity contribution in [1.82, 2.24) is 5.32 Å². The van der Waals surface area contributed by atoms with Crippen molar-refractivity contribution in [1.29, 1.82) is 0 Å². The van der Waals surface area contributed by atoms with Crippen LogP contribution in [0, 0.1) is 0 Å². The molecule has 0 aromatic heterocycles. The fourth-order valence-corrected chi connectivity index (χ4v) is 2.24. The van der Waals surface area contributed by atoms with Crippen molar-refractivity contribution < 1.29 is 0 Å². The summed E-state index contributed by atoms with van der Waals surface area (Å²) in [6, 6.07) is 17.0. The summed E-state index contributed by atoms with van der Waals surface area (Å²) in [5.41, 5.74) is 10.6. The molecule has 0 aliphatic carbocycles. The van der Waals surface area contributed by atoms with Gasteiger partial charge in [-0.3, -0.25) is 0 Å². The van der Waals surface area contributed by atoms with Crippen molar-refractivity contribution in [2.45, 2.75) is 32.7 Å². The van der Waals surface area contributed by atoms with Crippen molar-refractivity contribution in [3.8, 4) is 0 Å². The van der Waals surface area contributed by atoms with E-state index < -0.39 is 0 Å². The number of nitrogens with one attached hydrogen (secondary N) is 1. The normalized spacial score (nSPS) is 10.9. The third-order valence-corrected chi connectivity index (χ3v) is 3.52. The number of nitrogen functional groups attached to an aromatic ring is 1. The Bertz CT molecular complexity index is 529. The molecule has 3 N–H and O–H groups in total. The Kier molecular flexibility index (Phi) is 5.19. The van der Waals surface area contributed by atoms with Gasteiger partial charge in [-0.15, -0.1) is 0 Å². The van der Waals surface area contributed by atoms with Crippen molar-refractivity contribution in [3.63, 3.8) is 0 Å².